The number of benzene rings is 1. The van der Waals surface area contributed by atoms with E-state index in [1.165, 1.54) is 12.1 Å². The number of ether oxygens (including phenoxy) is 1. The van der Waals surface area contributed by atoms with E-state index in [0.717, 1.165) is 24.8 Å². The molecule has 4 nitrogen and oxygen atoms in total. The van der Waals surface area contributed by atoms with E-state index in [9.17, 15) is 9.18 Å². The topological polar surface area (TPSA) is 64.4 Å². The van der Waals surface area contributed by atoms with Gasteiger partial charge in [-0.05, 0) is 42.9 Å². The van der Waals surface area contributed by atoms with Gasteiger partial charge in [-0.2, -0.15) is 0 Å². The van der Waals surface area contributed by atoms with E-state index >= 15 is 0 Å². The molecular formula is C16H21FN2O2. The highest BCUT2D eigenvalue weighted by Gasteiger charge is 2.41. The molecule has 2 aliphatic rings. The first-order valence-electron chi connectivity index (χ1n) is 7.54. The molecule has 1 aliphatic heterocycles. The van der Waals surface area contributed by atoms with Gasteiger partial charge >= 0.3 is 0 Å². The first-order chi connectivity index (χ1) is 10.1. The molecule has 5 heteroatoms. The molecule has 1 saturated carbocycles. The molecule has 2 fully saturated rings. The lowest BCUT2D eigenvalue weighted by molar-refractivity contribution is -0.124. The van der Waals surface area contributed by atoms with Gasteiger partial charge in [-0.25, -0.2) is 4.39 Å². The molecule has 21 heavy (non-hydrogen) atoms. The Labute approximate surface area is 123 Å². The maximum absolute atomic E-state index is 13.2. The fraction of sp³-hybridized carbons (Fsp3) is 0.562. The van der Waals surface area contributed by atoms with E-state index in [1.807, 2.05) is 6.07 Å². The Morgan fingerprint density at radius 3 is 2.86 bits per heavy atom. The van der Waals surface area contributed by atoms with Crippen molar-refractivity contribution in [3.8, 4) is 0 Å². The third-order valence-electron chi connectivity index (χ3n) is 4.47. The van der Waals surface area contributed by atoms with Gasteiger partial charge in [-0.1, -0.05) is 12.1 Å². The lowest BCUT2D eigenvalue weighted by atomic mass is 9.92. The Hall–Kier alpha value is -1.46. The van der Waals surface area contributed by atoms with Gasteiger partial charge in [0.05, 0.1) is 6.04 Å². The third kappa shape index (κ3) is 3.41. The zero-order valence-corrected chi connectivity index (χ0v) is 11.9. The van der Waals surface area contributed by atoms with Gasteiger partial charge in [0.1, 0.15) is 5.82 Å². The maximum Gasteiger partial charge on any atom is 0.237 e. The van der Waals surface area contributed by atoms with E-state index in [2.05, 4.69) is 5.32 Å². The lowest BCUT2D eigenvalue weighted by Gasteiger charge is -2.26. The Morgan fingerprint density at radius 1 is 1.38 bits per heavy atom. The van der Waals surface area contributed by atoms with Crippen LogP contribution < -0.4 is 11.1 Å². The van der Waals surface area contributed by atoms with Crippen molar-refractivity contribution in [2.24, 2.45) is 11.7 Å². The van der Waals surface area contributed by atoms with Crippen LogP contribution in [-0.4, -0.2) is 31.2 Å². The maximum atomic E-state index is 13.2. The van der Waals surface area contributed by atoms with E-state index in [0.29, 0.717) is 13.2 Å². The molecule has 1 aromatic carbocycles. The minimum atomic E-state index is -0.470. The van der Waals surface area contributed by atoms with Crippen molar-refractivity contribution in [2.75, 3.05) is 13.2 Å². The van der Waals surface area contributed by atoms with Crippen LogP contribution in [0.25, 0.3) is 0 Å². The van der Waals surface area contributed by atoms with Crippen LogP contribution in [0.2, 0.25) is 0 Å². The number of nitrogens with two attached hydrogens (primary N) is 1. The zero-order chi connectivity index (χ0) is 14.8. The molecule has 1 amide bonds. The fourth-order valence-corrected chi connectivity index (χ4v) is 3.03. The summed E-state index contributed by atoms with van der Waals surface area (Å²) in [4.78, 5) is 12.2. The SMILES string of the molecule is NC(C(=O)NC1CC1c1cccc(F)c1)C1CCOCC1. The van der Waals surface area contributed by atoms with Crippen molar-refractivity contribution in [1.29, 1.82) is 0 Å². The molecule has 1 aliphatic carbocycles. The summed E-state index contributed by atoms with van der Waals surface area (Å²) in [6.07, 6.45) is 2.54. The molecule has 3 rings (SSSR count). The Bertz CT molecular complexity index is 517. The molecule has 0 bridgehead atoms. The molecule has 1 aromatic rings. The second-order valence-corrected chi connectivity index (χ2v) is 5.99. The predicted molar refractivity (Wildman–Crippen MR) is 77.2 cm³/mol. The molecule has 3 atom stereocenters. The van der Waals surface area contributed by atoms with Crippen LogP contribution in [0.3, 0.4) is 0 Å². The summed E-state index contributed by atoms with van der Waals surface area (Å²) in [5.74, 6) is 0.0887. The summed E-state index contributed by atoms with van der Waals surface area (Å²) >= 11 is 0. The Balaban J connectivity index is 1.52. The smallest absolute Gasteiger partial charge is 0.237 e. The highest BCUT2D eigenvalue weighted by atomic mass is 19.1. The number of carbonyl (C=O) groups excluding carboxylic acids is 1. The summed E-state index contributed by atoms with van der Waals surface area (Å²) < 4.78 is 18.5. The summed E-state index contributed by atoms with van der Waals surface area (Å²) in [6, 6.07) is 6.19. The lowest BCUT2D eigenvalue weighted by Crippen LogP contribution is -2.47. The van der Waals surface area contributed by atoms with Crippen LogP contribution in [0, 0.1) is 11.7 Å². The Morgan fingerprint density at radius 2 is 2.14 bits per heavy atom. The molecule has 1 saturated heterocycles. The van der Waals surface area contributed by atoms with Crippen molar-refractivity contribution < 1.29 is 13.9 Å². The standard InChI is InChI=1S/C16H21FN2O2/c17-12-3-1-2-11(8-12)13-9-14(13)19-16(20)15(18)10-4-6-21-7-5-10/h1-3,8,10,13-15H,4-7,9,18H2,(H,19,20). The van der Waals surface area contributed by atoms with Crippen molar-refractivity contribution in [3.05, 3.63) is 35.6 Å². The Kier molecular flexibility index (Phi) is 4.22. The van der Waals surface area contributed by atoms with Gasteiger partial charge in [0.15, 0.2) is 0 Å². The van der Waals surface area contributed by atoms with Gasteiger partial charge < -0.3 is 15.8 Å². The van der Waals surface area contributed by atoms with Gasteiger partial charge in [0.2, 0.25) is 5.91 Å². The van der Waals surface area contributed by atoms with Crippen molar-refractivity contribution in [1.82, 2.24) is 5.32 Å². The second kappa shape index (κ2) is 6.12. The molecule has 0 spiro atoms. The highest BCUT2D eigenvalue weighted by molar-refractivity contribution is 5.82. The van der Waals surface area contributed by atoms with Crippen LogP contribution in [0.4, 0.5) is 4.39 Å². The van der Waals surface area contributed by atoms with Crippen molar-refractivity contribution in [3.63, 3.8) is 0 Å². The number of hydrogen-bond acceptors (Lipinski definition) is 3. The van der Waals surface area contributed by atoms with Gasteiger partial charge in [-0.15, -0.1) is 0 Å². The van der Waals surface area contributed by atoms with E-state index < -0.39 is 6.04 Å². The molecule has 114 valence electrons. The number of amides is 1. The average Bonchev–Trinajstić information content (AvgIpc) is 3.26. The minimum Gasteiger partial charge on any atom is -0.381 e. The average molecular weight is 292 g/mol. The number of nitrogens with one attached hydrogen (secondary N) is 1. The predicted octanol–water partition coefficient (Wildman–Crippen LogP) is 1.55. The second-order valence-electron chi connectivity index (χ2n) is 5.99. The first-order valence-corrected chi connectivity index (χ1v) is 7.54. The van der Waals surface area contributed by atoms with Crippen molar-refractivity contribution >= 4 is 5.91 Å². The first kappa shape index (κ1) is 14.5. The molecule has 3 N–H and O–H groups in total. The van der Waals surface area contributed by atoms with Gasteiger partial charge in [0.25, 0.3) is 0 Å². The number of rotatable bonds is 4. The summed E-state index contributed by atoms with van der Waals surface area (Å²) in [5, 5.41) is 2.99. The number of carbonyl (C=O) groups is 1. The normalized spacial score (nSPS) is 27.1. The highest BCUT2D eigenvalue weighted by Crippen LogP contribution is 2.41. The number of halogens is 1. The van der Waals surface area contributed by atoms with Crippen LogP contribution in [0.15, 0.2) is 24.3 Å². The molecule has 0 aromatic heterocycles. The van der Waals surface area contributed by atoms with Crippen molar-refractivity contribution in [2.45, 2.75) is 37.3 Å². The quantitative estimate of drug-likeness (QED) is 0.885. The monoisotopic (exact) mass is 292 g/mol. The third-order valence-corrected chi connectivity index (χ3v) is 4.47. The van der Waals surface area contributed by atoms with E-state index in [4.69, 9.17) is 10.5 Å². The van der Waals surface area contributed by atoms with E-state index in [1.54, 1.807) is 6.07 Å². The zero-order valence-electron chi connectivity index (χ0n) is 11.9. The summed E-state index contributed by atoms with van der Waals surface area (Å²) in [5.41, 5.74) is 6.99. The van der Waals surface area contributed by atoms with Gasteiger partial charge in [0, 0.05) is 25.2 Å². The summed E-state index contributed by atoms with van der Waals surface area (Å²) in [6.45, 7) is 1.36. The molecule has 3 unspecified atom stereocenters. The fourth-order valence-electron chi connectivity index (χ4n) is 3.03. The molecule has 0 radical (unpaired) electrons. The van der Waals surface area contributed by atoms with Gasteiger partial charge in [-0.3, -0.25) is 4.79 Å². The van der Waals surface area contributed by atoms with Crippen LogP contribution in [0.5, 0.6) is 0 Å². The molecular weight excluding hydrogens is 271 g/mol. The number of hydrogen-bond donors (Lipinski definition) is 2. The van der Waals surface area contributed by atoms with Crippen LogP contribution >= 0.6 is 0 Å². The molecule has 1 heterocycles. The summed E-state index contributed by atoms with van der Waals surface area (Å²) in [7, 11) is 0. The van der Waals surface area contributed by atoms with E-state index in [-0.39, 0.29) is 29.6 Å². The largest absolute Gasteiger partial charge is 0.381 e. The minimum absolute atomic E-state index is 0.0881. The van der Waals surface area contributed by atoms with Crippen LogP contribution in [-0.2, 0) is 9.53 Å². The van der Waals surface area contributed by atoms with Crippen LogP contribution in [0.1, 0.15) is 30.7 Å².